The first-order valence-corrected chi connectivity index (χ1v) is 3.79. The smallest absolute Gasteiger partial charge is 0.207 e. The second-order valence-electron chi connectivity index (χ2n) is 2.47. The van der Waals surface area contributed by atoms with E-state index in [-0.39, 0.29) is 0 Å². The molecule has 0 atom stereocenters. The Morgan fingerprint density at radius 1 is 1.75 bits per heavy atom. The number of nitrogens with zero attached hydrogens (tertiary/aromatic N) is 1. The standard InChI is InChI=1S/C7H12N4O/c8-7-10-4-6(11-7)2-1-3-9-5-12/h4-5H,1-3H2,(H,9,12)(H3,8,10,11). The molecule has 1 rings (SSSR count). The minimum Gasteiger partial charge on any atom is -0.369 e. The number of aromatic nitrogens is 2. The number of nitrogens with two attached hydrogens (primary N) is 1. The highest BCUT2D eigenvalue weighted by atomic mass is 16.1. The van der Waals surface area contributed by atoms with Crippen molar-refractivity contribution >= 4 is 12.4 Å². The summed E-state index contributed by atoms with van der Waals surface area (Å²) in [5.41, 5.74) is 6.37. The molecule has 0 bridgehead atoms. The lowest BCUT2D eigenvalue weighted by molar-refractivity contribution is -0.109. The van der Waals surface area contributed by atoms with Crippen LogP contribution < -0.4 is 11.1 Å². The summed E-state index contributed by atoms with van der Waals surface area (Å²) in [5.74, 6) is 0.438. The fourth-order valence-electron chi connectivity index (χ4n) is 0.943. The van der Waals surface area contributed by atoms with Gasteiger partial charge in [0.25, 0.3) is 0 Å². The summed E-state index contributed by atoms with van der Waals surface area (Å²) < 4.78 is 0. The van der Waals surface area contributed by atoms with E-state index in [0.717, 1.165) is 18.5 Å². The lowest BCUT2D eigenvalue weighted by atomic mass is 10.2. The van der Waals surface area contributed by atoms with E-state index >= 15 is 0 Å². The van der Waals surface area contributed by atoms with Gasteiger partial charge in [0.2, 0.25) is 6.41 Å². The molecular formula is C7H12N4O. The van der Waals surface area contributed by atoms with Crippen molar-refractivity contribution in [3.8, 4) is 0 Å². The molecule has 0 aliphatic carbocycles. The van der Waals surface area contributed by atoms with Crippen LogP contribution in [0.2, 0.25) is 0 Å². The molecule has 12 heavy (non-hydrogen) atoms. The summed E-state index contributed by atoms with van der Waals surface area (Å²) >= 11 is 0. The van der Waals surface area contributed by atoms with E-state index in [1.807, 2.05) is 0 Å². The molecule has 0 aliphatic heterocycles. The fraction of sp³-hybridized carbons (Fsp3) is 0.429. The average Bonchev–Trinajstić information content (AvgIpc) is 2.45. The predicted molar refractivity (Wildman–Crippen MR) is 45.4 cm³/mol. The Morgan fingerprint density at radius 3 is 3.17 bits per heavy atom. The summed E-state index contributed by atoms with van der Waals surface area (Å²) in [6, 6.07) is 0. The van der Waals surface area contributed by atoms with E-state index in [1.165, 1.54) is 0 Å². The molecule has 0 radical (unpaired) electrons. The highest BCUT2D eigenvalue weighted by Gasteiger charge is 1.95. The molecular weight excluding hydrogens is 156 g/mol. The Kier molecular flexibility index (Phi) is 3.13. The summed E-state index contributed by atoms with van der Waals surface area (Å²) in [7, 11) is 0. The number of aromatic amines is 1. The highest BCUT2D eigenvalue weighted by molar-refractivity contribution is 5.45. The molecule has 66 valence electrons. The van der Waals surface area contributed by atoms with Gasteiger partial charge in [-0.1, -0.05) is 0 Å². The Morgan fingerprint density at radius 2 is 2.58 bits per heavy atom. The lowest BCUT2D eigenvalue weighted by Crippen LogP contribution is -2.12. The Bertz CT molecular complexity index is 245. The first-order chi connectivity index (χ1) is 5.83. The number of nitrogens with one attached hydrogen (secondary N) is 2. The van der Waals surface area contributed by atoms with Crippen LogP contribution >= 0.6 is 0 Å². The minimum absolute atomic E-state index is 0.438. The van der Waals surface area contributed by atoms with Gasteiger partial charge in [-0.2, -0.15) is 0 Å². The number of hydrogen-bond donors (Lipinski definition) is 3. The summed E-state index contributed by atoms with van der Waals surface area (Å²) in [6.45, 7) is 0.683. The van der Waals surface area contributed by atoms with E-state index in [4.69, 9.17) is 5.73 Å². The third-order valence-electron chi connectivity index (χ3n) is 1.50. The van der Waals surface area contributed by atoms with Gasteiger partial charge in [0, 0.05) is 12.2 Å². The monoisotopic (exact) mass is 168 g/mol. The van der Waals surface area contributed by atoms with Crippen LogP contribution in [-0.4, -0.2) is 22.9 Å². The second-order valence-corrected chi connectivity index (χ2v) is 2.47. The van der Waals surface area contributed by atoms with Gasteiger partial charge in [0.1, 0.15) is 0 Å². The zero-order chi connectivity index (χ0) is 8.81. The van der Waals surface area contributed by atoms with E-state index in [9.17, 15) is 4.79 Å². The number of rotatable bonds is 5. The number of carbonyl (C=O) groups excluding carboxylic acids is 1. The van der Waals surface area contributed by atoms with Crippen molar-refractivity contribution in [2.24, 2.45) is 0 Å². The molecule has 0 aliphatic rings. The van der Waals surface area contributed by atoms with Crippen molar-refractivity contribution in [3.63, 3.8) is 0 Å². The zero-order valence-corrected chi connectivity index (χ0v) is 6.71. The van der Waals surface area contributed by atoms with Gasteiger partial charge in [0.05, 0.1) is 6.20 Å². The summed E-state index contributed by atoms with van der Waals surface area (Å²) in [4.78, 5) is 16.6. The molecule has 1 heterocycles. The lowest BCUT2D eigenvalue weighted by Gasteiger charge is -1.96. The van der Waals surface area contributed by atoms with Crippen LogP contribution in [0.5, 0.6) is 0 Å². The van der Waals surface area contributed by atoms with Crippen LogP contribution in [-0.2, 0) is 11.2 Å². The van der Waals surface area contributed by atoms with Crippen molar-refractivity contribution in [1.29, 1.82) is 0 Å². The van der Waals surface area contributed by atoms with E-state index < -0.39 is 0 Å². The number of nitrogen functional groups attached to an aromatic ring is 1. The predicted octanol–water partition coefficient (Wildman–Crippen LogP) is -0.330. The quantitative estimate of drug-likeness (QED) is 0.416. The van der Waals surface area contributed by atoms with E-state index in [2.05, 4.69) is 15.3 Å². The molecule has 0 unspecified atom stereocenters. The van der Waals surface area contributed by atoms with Crippen LogP contribution in [0.15, 0.2) is 6.20 Å². The van der Waals surface area contributed by atoms with E-state index in [1.54, 1.807) is 6.20 Å². The number of hydrogen-bond acceptors (Lipinski definition) is 3. The SMILES string of the molecule is Nc1ncc(CCCNC=O)[nH]1. The summed E-state index contributed by atoms with van der Waals surface area (Å²) in [6.07, 6.45) is 4.14. The van der Waals surface area contributed by atoms with Gasteiger partial charge in [-0.3, -0.25) is 4.79 Å². The Balaban J connectivity index is 2.19. The number of anilines is 1. The number of carbonyl (C=O) groups is 1. The first-order valence-electron chi connectivity index (χ1n) is 3.79. The van der Waals surface area contributed by atoms with Gasteiger partial charge in [-0.25, -0.2) is 4.98 Å². The van der Waals surface area contributed by atoms with Crippen molar-refractivity contribution in [2.45, 2.75) is 12.8 Å². The van der Waals surface area contributed by atoms with Gasteiger partial charge < -0.3 is 16.0 Å². The van der Waals surface area contributed by atoms with Crippen LogP contribution in [0.3, 0.4) is 0 Å². The maximum Gasteiger partial charge on any atom is 0.207 e. The molecule has 0 aromatic carbocycles. The molecule has 5 heteroatoms. The molecule has 5 nitrogen and oxygen atoms in total. The number of imidazole rings is 1. The van der Waals surface area contributed by atoms with Crippen LogP contribution in [0.1, 0.15) is 12.1 Å². The van der Waals surface area contributed by atoms with Crippen LogP contribution in [0, 0.1) is 0 Å². The Labute approximate surface area is 70.4 Å². The molecule has 1 aromatic rings. The molecule has 0 saturated heterocycles. The topological polar surface area (TPSA) is 83.8 Å². The number of H-pyrrole nitrogens is 1. The fourth-order valence-corrected chi connectivity index (χ4v) is 0.943. The normalized spacial score (nSPS) is 9.67. The van der Waals surface area contributed by atoms with Crippen LogP contribution in [0.25, 0.3) is 0 Å². The van der Waals surface area contributed by atoms with Gasteiger partial charge in [-0.15, -0.1) is 0 Å². The minimum atomic E-state index is 0.438. The molecule has 0 spiro atoms. The third kappa shape index (κ3) is 2.61. The van der Waals surface area contributed by atoms with E-state index in [0.29, 0.717) is 18.9 Å². The molecule has 1 aromatic heterocycles. The van der Waals surface area contributed by atoms with Gasteiger partial charge in [0.15, 0.2) is 5.95 Å². The summed E-state index contributed by atoms with van der Waals surface area (Å²) in [5, 5.41) is 2.58. The molecule has 0 saturated carbocycles. The number of amides is 1. The molecule has 0 fully saturated rings. The second kappa shape index (κ2) is 4.38. The van der Waals surface area contributed by atoms with Crippen molar-refractivity contribution < 1.29 is 4.79 Å². The van der Waals surface area contributed by atoms with Gasteiger partial charge in [-0.05, 0) is 12.8 Å². The maximum atomic E-state index is 9.87. The largest absolute Gasteiger partial charge is 0.369 e. The van der Waals surface area contributed by atoms with Crippen molar-refractivity contribution in [3.05, 3.63) is 11.9 Å². The molecule has 1 amide bonds. The number of aryl methyl sites for hydroxylation is 1. The van der Waals surface area contributed by atoms with Crippen molar-refractivity contribution in [2.75, 3.05) is 12.3 Å². The average molecular weight is 168 g/mol. The maximum absolute atomic E-state index is 9.87. The van der Waals surface area contributed by atoms with Gasteiger partial charge >= 0.3 is 0 Å². The van der Waals surface area contributed by atoms with Crippen LogP contribution in [0.4, 0.5) is 5.95 Å². The molecule has 4 N–H and O–H groups in total. The third-order valence-corrected chi connectivity index (χ3v) is 1.50. The highest BCUT2D eigenvalue weighted by Crippen LogP contribution is 2.00. The Hall–Kier alpha value is -1.52. The van der Waals surface area contributed by atoms with Crippen molar-refractivity contribution in [1.82, 2.24) is 15.3 Å². The first kappa shape index (κ1) is 8.58. The zero-order valence-electron chi connectivity index (χ0n) is 6.71.